The molecule has 2 aromatic rings. The Morgan fingerprint density at radius 1 is 1.38 bits per heavy atom. The summed E-state index contributed by atoms with van der Waals surface area (Å²) in [5, 5.41) is 6.70. The summed E-state index contributed by atoms with van der Waals surface area (Å²) >= 11 is 6.96. The zero-order valence-electron chi connectivity index (χ0n) is 9.11. The summed E-state index contributed by atoms with van der Waals surface area (Å²) < 4.78 is 1.16. The molecule has 5 heteroatoms. The van der Waals surface area contributed by atoms with Gasteiger partial charge in [-0.1, -0.05) is 0 Å². The van der Waals surface area contributed by atoms with Crippen molar-refractivity contribution in [2.75, 3.05) is 0 Å². The standard InChI is InChI=1S/C11H13BrN2S2/c1-7(2)14-10(11-13-5-6-15-11)8-3-4-9(12)16-8/h3-7,10,14H,1-2H3. The Hall–Kier alpha value is -0.230. The number of hydrogen-bond donors (Lipinski definition) is 1. The van der Waals surface area contributed by atoms with Gasteiger partial charge in [-0.15, -0.1) is 22.7 Å². The molecule has 0 radical (unpaired) electrons. The molecule has 2 rings (SSSR count). The van der Waals surface area contributed by atoms with Crippen LogP contribution in [0.2, 0.25) is 0 Å². The maximum Gasteiger partial charge on any atom is 0.115 e. The highest BCUT2D eigenvalue weighted by atomic mass is 79.9. The molecule has 0 amide bonds. The van der Waals surface area contributed by atoms with Crippen LogP contribution in [0.4, 0.5) is 0 Å². The second-order valence-corrected chi connectivity index (χ2v) is 7.19. The minimum atomic E-state index is 0.219. The van der Waals surface area contributed by atoms with Gasteiger partial charge in [-0.05, 0) is 41.9 Å². The lowest BCUT2D eigenvalue weighted by Crippen LogP contribution is -2.28. The normalized spacial score (nSPS) is 13.2. The third-order valence-electron chi connectivity index (χ3n) is 2.08. The summed E-state index contributed by atoms with van der Waals surface area (Å²) in [6.07, 6.45) is 1.86. The fraction of sp³-hybridized carbons (Fsp3) is 0.364. The number of halogens is 1. The Labute approximate surface area is 112 Å². The maximum absolute atomic E-state index is 4.40. The van der Waals surface area contributed by atoms with Gasteiger partial charge in [0.1, 0.15) is 5.01 Å². The SMILES string of the molecule is CC(C)NC(c1ccc(Br)s1)c1nccs1. The van der Waals surface area contributed by atoms with Crippen molar-refractivity contribution in [1.29, 1.82) is 0 Å². The van der Waals surface area contributed by atoms with Crippen molar-refractivity contribution in [1.82, 2.24) is 10.3 Å². The van der Waals surface area contributed by atoms with Gasteiger partial charge in [-0.2, -0.15) is 0 Å². The third kappa shape index (κ3) is 2.91. The Balaban J connectivity index is 2.28. The molecule has 0 saturated carbocycles. The van der Waals surface area contributed by atoms with Crippen LogP contribution in [-0.4, -0.2) is 11.0 Å². The van der Waals surface area contributed by atoms with E-state index >= 15 is 0 Å². The lowest BCUT2D eigenvalue weighted by Gasteiger charge is -2.17. The smallest absolute Gasteiger partial charge is 0.115 e. The molecule has 0 aliphatic carbocycles. The van der Waals surface area contributed by atoms with Crippen LogP contribution in [-0.2, 0) is 0 Å². The zero-order valence-corrected chi connectivity index (χ0v) is 12.3. The highest BCUT2D eigenvalue weighted by Gasteiger charge is 2.18. The second kappa shape index (κ2) is 5.40. The number of rotatable bonds is 4. The van der Waals surface area contributed by atoms with E-state index in [1.54, 1.807) is 22.7 Å². The molecule has 0 aliphatic rings. The minimum Gasteiger partial charge on any atom is -0.301 e. The molecular formula is C11H13BrN2S2. The molecule has 2 heterocycles. The quantitative estimate of drug-likeness (QED) is 0.920. The van der Waals surface area contributed by atoms with E-state index < -0.39 is 0 Å². The molecule has 2 aromatic heterocycles. The Bertz CT molecular complexity index is 437. The summed E-state index contributed by atoms with van der Waals surface area (Å²) in [6.45, 7) is 4.31. The summed E-state index contributed by atoms with van der Waals surface area (Å²) in [6, 6.07) is 4.89. The predicted molar refractivity (Wildman–Crippen MR) is 74.2 cm³/mol. The third-order valence-corrected chi connectivity index (χ3v) is 4.61. The Kier molecular flexibility index (Phi) is 4.13. The van der Waals surface area contributed by atoms with Crippen molar-refractivity contribution in [2.24, 2.45) is 0 Å². The Morgan fingerprint density at radius 3 is 2.69 bits per heavy atom. The molecule has 1 unspecified atom stereocenters. The van der Waals surface area contributed by atoms with Gasteiger partial charge in [0.25, 0.3) is 0 Å². The molecule has 16 heavy (non-hydrogen) atoms. The number of nitrogens with zero attached hydrogens (tertiary/aromatic N) is 1. The summed E-state index contributed by atoms with van der Waals surface area (Å²) in [5.74, 6) is 0. The summed E-state index contributed by atoms with van der Waals surface area (Å²) in [7, 11) is 0. The Morgan fingerprint density at radius 2 is 2.19 bits per heavy atom. The molecule has 2 nitrogen and oxygen atoms in total. The van der Waals surface area contributed by atoms with Crippen molar-refractivity contribution in [3.63, 3.8) is 0 Å². The average Bonchev–Trinajstić information content (AvgIpc) is 2.84. The van der Waals surface area contributed by atoms with E-state index in [1.165, 1.54) is 4.88 Å². The van der Waals surface area contributed by atoms with Gasteiger partial charge in [0, 0.05) is 22.5 Å². The first kappa shape index (κ1) is 12.2. The first-order valence-electron chi connectivity index (χ1n) is 5.07. The van der Waals surface area contributed by atoms with E-state index in [-0.39, 0.29) is 6.04 Å². The van der Waals surface area contributed by atoms with Crippen molar-refractivity contribution in [3.05, 3.63) is 37.4 Å². The van der Waals surface area contributed by atoms with Crippen LogP contribution in [0.3, 0.4) is 0 Å². The fourth-order valence-corrected chi connectivity index (χ4v) is 3.75. The van der Waals surface area contributed by atoms with Gasteiger partial charge < -0.3 is 5.32 Å². The maximum atomic E-state index is 4.40. The minimum absolute atomic E-state index is 0.219. The van der Waals surface area contributed by atoms with E-state index in [0.717, 1.165) is 8.79 Å². The van der Waals surface area contributed by atoms with Crippen LogP contribution in [0.5, 0.6) is 0 Å². The van der Waals surface area contributed by atoms with Crippen LogP contribution in [0, 0.1) is 0 Å². The highest BCUT2D eigenvalue weighted by Crippen LogP contribution is 2.32. The van der Waals surface area contributed by atoms with E-state index in [1.807, 2.05) is 11.6 Å². The number of hydrogen-bond acceptors (Lipinski definition) is 4. The van der Waals surface area contributed by atoms with Crippen molar-refractivity contribution < 1.29 is 0 Å². The molecule has 0 bridgehead atoms. The van der Waals surface area contributed by atoms with Gasteiger partial charge in [0.2, 0.25) is 0 Å². The second-order valence-electron chi connectivity index (χ2n) is 3.77. The van der Waals surface area contributed by atoms with Gasteiger partial charge in [0.05, 0.1) is 9.83 Å². The summed E-state index contributed by atoms with van der Waals surface area (Å²) in [4.78, 5) is 5.70. The number of thiazole rings is 1. The average molecular weight is 317 g/mol. The van der Waals surface area contributed by atoms with Crippen molar-refractivity contribution >= 4 is 38.6 Å². The number of thiophene rings is 1. The van der Waals surface area contributed by atoms with Crippen LogP contribution in [0.25, 0.3) is 0 Å². The molecule has 0 aliphatic heterocycles. The van der Waals surface area contributed by atoms with E-state index in [0.29, 0.717) is 6.04 Å². The van der Waals surface area contributed by atoms with Crippen LogP contribution in [0.1, 0.15) is 29.8 Å². The zero-order chi connectivity index (χ0) is 11.5. The van der Waals surface area contributed by atoms with Crippen molar-refractivity contribution in [2.45, 2.75) is 25.9 Å². The molecule has 0 fully saturated rings. The lowest BCUT2D eigenvalue weighted by atomic mass is 10.2. The molecule has 0 aromatic carbocycles. The largest absolute Gasteiger partial charge is 0.301 e. The predicted octanol–water partition coefficient (Wildman–Crippen LogP) is 4.05. The number of nitrogens with one attached hydrogen (secondary N) is 1. The summed E-state index contributed by atoms with van der Waals surface area (Å²) in [5.41, 5.74) is 0. The molecule has 0 spiro atoms. The van der Waals surface area contributed by atoms with Gasteiger partial charge in [-0.25, -0.2) is 4.98 Å². The van der Waals surface area contributed by atoms with E-state index in [2.05, 4.69) is 52.2 Å². The molecular weight excluding hydrogens is 304 g/mol. The highest BCUT2D eigenvalue weighted by molar-refractivity contribution is 9.11. The van der Waals surface area contributed by atoms with E-state index in [4.69, 9.17) is 0 Å². The van der Waals surface area contributed by atoms with Gasteiger partial charge >= 0.3 is 0 Å². The fourth-order valence-electron chi connectivity index (χ4n) is 1.47. The first-order chi connectivity index (χ1) is 7.66. The van der Waals surface area contributed by atoms with Gasteiger partial charge in [0.15, 0.2) is 0 Å². The number of aromatic nitrogens is 1. The molecule has 0 saturated heterocycles. The van der Waals surface area contributed by atoms with Crippen molar-refractivity contribution in [3.8, 4) is 0 Å². The van der Waals surface area contributed by atoms with Crippen LogP contribution >= 0.6 is 38.6 Å². The van der Waals surface area contributed by atoms with E-state index in [9.17, 15) is 0 Å². The topological polar surface area (TPSA) is 24.9 Å². The lowest BCUT2D eigenvalue weighted by molar-refractivity contribution is 0.532. The first-order valence-corrected chi connectivity index (χ1v) is 7.56. The molecule has 1 N–H and O–H groups in total. The van der Waals surface area contributed by atoms with Crippen LogP contribution < -0.4 is 5.32 Å². The van der Waals surface area contributed by atoms with Crippen LogP contribution in [0.15, 0.2) is 27.5 Å². The molecule has 86 valence electrons. The monoisotopic (exact) mass is 316 g/mol. The van der Waals surface area contributed by atoms with Gasteiger partial charge in [-0.3, -0.25) is 0 Å². The molecule has 1 atom stereocenters.